The van der Waals surface area contributed by atoms with E-state index in [1.807, 2.05) is 27.7 Å². The second-order valence-corrected chi connectivity index (χ2v) is 5.41. The summed E-state index contributed by atoms with van der Waals surface area (Å²) >= 11 is 0. The summed E-state index contributed by atoms with van der Waals surface area (Å²) in [5, 5.41) is 12.8. The molecule has 1 aliphatic rings. The molecule has 0 bridgehead atoms. The van der Waals surface area contributed by atoms with E-state index in [-0.39, 0.29) is 24.4 Å². The van der Waals surface area contributed by atoms with Crippen LogP contribution in [-0.4, -0.2) is 39.9 Å². The van der Waals surface area contributed by atoms with Crippen molar-refractivity contribution in [2.24, 2.45) is 5.10 Å². The summed E-state index contributed by atoms with van der Waals surface area (Å²) in [6.07, 6.45) is 0.921. The number of hydrogen-bond donors (Lipinski definition) is 1. The molecule has 0 saturated carbocycles. The van der Waals surface area contributed by atoms with Crippen molar-refractivity contribution in [1.29, 1.82) is 0 Å². The zero-order valence-corrected chi connectivity index (χ0v) is 12.4. The van der Waals surface area contributed by atoms with Gasteiger partial charge < -0.3 is 9.84 Å². The molecule has 0 aliphatic carbocycles. The first-order valence-corrected chi connectivity index (χ1v) is 6.87. The van der Waals surface area contributed by atoms with E-state index < -0.39 is 0 Å². The van der Waals surface area contributed by atoms with Crippen LogP contribution < -0.4 is 5.32 Å². The monoisotopic (exact) mass is 279 g/mol. The van der Waals surface area contributed by atoms with Gasteiger partial charge in [-0.2, -0.15) is 10.1 Å². The Hall–Kier alpha value is -1.92. The van der Waals surface area contributed by atoms with Gasteiger partial charge in [0, 0.05) is 24.6 Å². The fraction of sp³-hybridized carbons (Fsp3) is 0.692. The minimum Gasteiger partial charge on any atom is -0.343 e. The highest BCUT2D eigenvalue weighted by Crippen LogP contribution is 2.14. The third-order valence-corrected chi connectivity index (χ3v) is 3.09. The van der Waals surface area contributed by atoms with Crippen LogP contribution in [0, 0.1) is 0 Å². The van der Waals surface area contributed by atoms with Gasteiger partial charge in [-0.05, 0) is 13.8 Å². The van der Waals surface area contributed by atoms with E-state index in [0.29, 0.717) is 11.7 Å². The molecule has 1 aromatic rings. The molecule has 7 heteroatoms. The lowest BCUT2D eigenvalue weighted by Gasteiger charge is -2.15. The fourth-order valence-electron chi connectivity index (χ4n) is 1.92. The number of carbonyl (C=O) groups excluding carboxylic acids is 1. The number of hydrogen-bond acceptors (Lipinski definition) is 6. The molecule has 0 spiro atoms. The summed E-state index contributed by atoms with van der Waals surface area (Å²) in [7, 11) is 0. The van der Waals surface area contributed by atoms with Crippen LogP contribution in [-0.2, 0) is 4.79 Å². The van der Waals surface area contributed by atoms with Gasteiger partial charge in [0.05, 0.1) is 0 Å². The van der Waals surface area contributed by atoms with Crippen molar-refractivity contribution in [3.8, 4) is 0 Å². The predicted octanol–water partition coefficient (Wildman–Crippen LogP) is 1.45. The minimum absolute atomic E-state index is 0.0970. The Morgan fingerprint density at radius 2 is 2.20 bits per heavy atom. The number of amides is 1. The van der Waals surface area contributed by atoms with Crippen molar-refractivity contribution in [1.82, 2.24) is 20.5 Å². The Labute approximate surface area is 118 Å². The molecule has 110 valence electrons. The summed E-state index contributed by atoms with van der Waals surface area (Å²) in [4.78, 5) is 16.2. The summed E-state index contributed by atoms with van der Waals surface area (Å²) in [5.41, 5.74) is 1.06. The smallest absolute Gasteiger partial charge is 0.248 e. The molecule has 7 nitrogen and oxygen atoms in total. The van der Waals surface area contributed by atoms with E-state index >= 15 is 0 Å². The topological polar surface area (TPSA) is 83.6 Å². The second kappa shape index (κ2) is 6.02. The van der Waals surface area contributed by atoms with Crippen LogP contribution in [0.4, 0.5) is 0 Å². The normalized spacial score (nSPS) is 16.4. The van der Waals surface area contributed by atoms with Gasteiger partial charge in [0.1, 0.15) is 12.6 Å². The van der Waals surface area contributed by atoms with Crippen LogP contribution in [0.1, 0.15) is 57.8 Å². The highest BCUT2D eigenvalue weighted by Gasteiger charge is 2.20. The zero-order valence-electron chi connectivity index (χ0n) is 12.4. The van der Waals surface area contributed by atoms with Crippen LogP contribution in [0.3, 0.4) is 0 Å². The standard InChI is InChI=1S/C13H21N5O2/c1-8(2)12-15-13(20-17-12)10(4)14-11(19)7-18-6-5-9(3)16-18/h8,10H,5-7H2,1-4H3,(H,14,19)/t10-/m1/s1. The van der Waals surface area contributed by atoms with Gasteiger partial charge in [-0.25, -0.2) is 0 Å². The van der Waals surface area contributed by atoms with Gasteiger partial charge in [0.2, 0.25) is 11.8 Å². The molecule has 1 atom stereocenters. The van der Waals surface area contributed by atoms with Gasteiger partial charge in [-0.1, -0.05) is 19.0 Å². The molecule has 1 aliphatic heterocycles. The molecule has 0 fully saturated rings. The van der Waals surface area contributed by atoms with Crippen molar-refractivity contribution in [3.05, 3.63) is 11.7 Å². The number of nitrogens with zero attached hydrogens (tertiary/aromatic N) is 4. The molecule has 20 heavy (non-hydrogen) atoms. The maximum Gasteiger partial charge on any atom is 0.248 e. The third-order valence-electron chi connectivity index (χ3n) is 3.09. The maximum atomic E-state index is 11.9. The average Bonchev–Trinajstić information content (AvgIpc) is 2.98. The molecule has 2 rings (SSSR count). The molecule has 1 N–H and O–H groups in total. The Balaban J connectivity index is 1.87. The van der Waals surface area contributed by atoms with Crippen molar-refractivity contribution in [3.63, 3.8) is 0 Å². The Morgan fingerprint density at radius 3 is 2.75 bits per heavy atom. The minimum atomic E-state index is -0.296. The second-order valence-electron chi connectivity index (χ2n) is 5.41. The number of nitrogens with one attached hydrogen (secondary N) is 1. The molecule has 0 aromatic carbocycles. The Morgan fingerprint density at radius 1 is 1.45 bits per heavy atom. The Bertz CT molecular complexity index is 509. The summed E-state index contributed by atoms with van der Waals surface area (Å²) in [6.45, 7) is 8.83. The highest BCUT2D eigenvalue weighted by molar-refractivity contribution is 5.84. The average molecular weight is 279 g/mol. The number of rotatable bonds is 5. The molecule has 1 aromatic heterocycles. The fourth-order valence-corrected chi connectivity index (χ4v) is 1.92. The van der Waals surface area contributed by atoms with E-state index in [0.717, 1.165) is 18.7 Å². The van der Waals surface area contributed by atoms with Crippen LogP contribution in [0.5, 0.6) is 0 Å². The SMILES string of the molecule is CC1=NN(CC(=O)N[C@H](C)c2nc(C(C)C)no2)CC1. The first kappa shape index (κ1) is 14.5. The lowest BCUT2D eigenvalue weighted by molar-refractivity contribution is -0.122. The molecule has 2 heterocycles. The van der Waals surface area contributed by atoms with E-state index in [2.05, 4.69) is 20.6 Å². The summed E-state index contributed by atoms with van der Waals surface area (Å²) in [6, 6.07) is -0.296. The number of aromatic nitrogens is 2. The Kier molecular flexibility index (Phi) is 4.36. The molecule has 0 radical (unpaired) electrons. The lowest BCUT2D eigenvalue weighted by Crippen LogP contribution is -2.35. The van der Waals surface area contributed by atoms with Crippen LogP contribution in [0.2, 0.25) is 0 Å². The molecule has 0 unspecified atom stereocenters. The van der Waals surface area contributed by atoms with Crippen molar-refractivity contribution >= 4 is 11.6 Å². The van der Waals surface area contributed by atoms with Crippen LogP contribution in [0.25, 0.3) is 0 Å². The predicted molar refractivity (Wildman–Crippen MR) is 74.2 cm³/mol. The first-order valence-electron chi connectivity index (χ1n) is 6.87. The molecular formula is C13H21N5O2. The lowest BCUT2D eigenvalue weighted by atomic mass is 10.2. The van der Waals surface area contributed by atoms with Gasteiger partial charge in [0.15, 0.2) is 5.82 Å². The van der Waals surface area contributed by atoms with E-state index in [1.165, 1.54) is 0 Å². The van der Waals surface area contributed by atoms with Crippen molar-refractivity contribution < 1.29 is 9.32 Å². The van der Waals surface area contributed by atoms with Gasteiger partial charge in [-0.15, -0.1) is 0 Å². The highest BCUT2D eigenvalue weighted by atomic mass is 16.5. The van der Waals surface area contributed by atoms with E-state index in [9.17, 15) is 4.79 Å². The summed E-state index contributed by atoms with van der Waals surface area (Å²) in [5.74, 6) is 1.20. The molecular weight excluding hydrogens is 258 g/mol. The van der Waals surface area contributed by atoms with Crippen LogP contribution in [0.15, 0.2) is 9.62 Å². The third kappa shape index (κ3) is 3.55. The van der Waals surface area contributed by atoms with Gasteiger partial charge >= 0.3 is 0 Å². The van der Waals surface area contributed by atoms with E-state index in [1.54, 1.807) is 5.01 Å². The summed E-state index contributed by atoms with van der Waals surface area (Å²) < 4.78 is 5.16. The van der Waals surface area contributed by atoms with Gasteiger partial charge in [-0.3, -0.25) is 9.80 Å². The largest absolute Gasteiger partial charge is 0.343 e. The van der Waals surface area contributed by atoms with Crippen molar-refractivity contribution in [2.45, 2.75) is 46.1 Å². The number of hydrazone groups is 1. The van der Waals surface area contributed by atoms with Crippen molar-refractivity contribution in [2.75, 3.05) is 13.1 Å². The maximum absolute atomic E-state index is 11.9. The quantitative estimate of drug-likeness (QED) is 0.882. The molecule has 1 amide bonds. The van der Waals surface area contributed by atoms with Gasteiger partial charge in [0.25, 0.3) is 0 Å². The van der Waals surface area contributed by atoms with E-state index in [4.69, 9.17) is 4.52 Å². The first-order chi connectivity index (χ1) is 9.45. The molecule has 0 saturated heterocycles. The zero-order chi connectivity index (χ0) is 14.7. The van der Waals surface area contributed by atoms with Crippen LogP contribution >= 0.6 is 0 Å². The number of carbonyl (C=O) groups is 1.